The Hall–Kier alpha value is -2.79. The van der Waals surface area contributed by atoms with Gasteiger partial charge in [-0.05, 0) is 48.2 Å². The van der Waals surface area contributed by atoms with Crippen molar-refractivity contribution < 1.29 is 9.53 Å². The topological polar surface area (TPSA) is 47.4 Å². The van der Waals surface area contributed by atoms with Crippen molar-refractivity contribution in [3.05, 3.63) is 64.8 Å². The second-order valence-electron chi connectivity index (χ2n) is 6.43. The maximum Gasteiger partial charge on any atom is 0.416 e. The highest BCUT2D eigenvalue weighted by atomic mass is 35.5. The first-order valence-electron chi connectivity index (χ1n) is 8.40. The van der Waals surface area contributed by atoms with Crippen LogP contribution in [0.2, 0.25) is 5.02 Å². The van der Waals surface area contributed by atoms with Crippen molar-refractivity contribution in [3.8, 4) is 22.7 Å². The summed E-state index contributed by atoms with van der Waals surface area (Å²) in [6.45, 7) is 0. The molecule has 132 valence electrons. The predicted molar refractivity (Wildman–Crippen MR) is 101 cm³/mol. The van der Waals surface area contributed by atoms with Gasteiger partial charge in [-0.25, -0.2) is 4.79 Å². The van der Waals surface area contributed by atoms with E-state index < -0.39 is 6.09 Å². The number of amides is 1. The Bertz CT molecular complexity index is 977. The van der Waals surface area contributed by atoms with Crippen molar-refractivity contribution in [2.24, 2.45) is 0 Å². The SMILES string of the molecule is CN(C)C(=O)Oc1c2c(nn1-c1ccc(Cl)cc1)CCc1ccccc1-2. The molecular formula is C20H18ClN3O2. The fourth-order valence-corrected chi connectivity index (χ4v) is 3.28. The minimum atomic E-state index is -0.439. The Balaban J connectivity index is 1.92. The molecule has 0 saturated carbocycles. The molecule has 0 N–H and O–H groups in total. The highest BCUT2D eigenvalue weighted by molar-refractivity contribution is 6.30. The van der Waals surface area contributed by atoms with Gasteiger partial charge in [-0.2, -0.15) is 9.78 Å². The molecule has 0 atom stereocenters. The molecule has 26 heavy (non-hydrogen) atoms. The predicted octanol–water partition coefficient (Wildman–Crippen LogP) is 4.35. The lowest BCUT2D eigenvalue weighted by molar-refractivity contribution is 0.169. The number of ether oxygens (including phenoxy) is 1. The molecule has 3 aromatic rings. The van der Waals surface area contributed by atoms with E-state index in [1.54, 1.807) is 30.9 Å². The zero-order valence-corrected chi connectivity index (χ0v) is 15.3. The Morgan fingerprint density at radius 1 is 1.12 bits per heavy atom. The van der Waals surface area contributed by atoms with E-state index in [0.29, 0.717) is 10.9 Å². The molecule has 4 rings (SSSR count). The van der Waals surface area contributed by atoms with E-state index in [-0.39, 0.29) is 0 Å². The Labute approximate surface area is 156 Å². The van der Waals surface area contributed by atoms with Gasteiger partial charge < -0.3 is 9.64 Å². The number of rotatable bonds is 2. The normalized spacial score (nSPS) is 12.3. The molecule has 1 aromatic heterocycles. The van der Waals surface area contributed by atoms with Crippen molar-refractivity contribution in [1.82, 2.24) is 14.7 Å². The van der Waals surface area contributed by atoms with Crippen molar-refractivity contribution in [3.63, 3.8) is 0 Å². The smallest absolute Gasteiger partial charge is 0.390 e. The molecule has 0 fully saturated rings. The van der Waals surface area contributed by atoms with Crippen LogP contribution in [0.1, 0.15) is 11.3 Å². The monoisotopic (exact) mass is 367 g/mol. The number of hydrogen-bond donors (Lipinski definition) is 0. The fourth-order valence-electron chi connectivity index (χ4n) is 3.15. The van der Waals surface area contributed by atoms with E-state index in [1.807, 2.05) is 30.3 Å². The second kappa shape index (κ2) is 6.50. The van der Waals surface area contributed by atoms with Gasteiger partial charge in [-0.15, -0.1) is 0 Å². The van der Waals surface area contributed by atoms with Crippen molar-refractivity contribution in [2.45, 2.75) is 12.8 Å². The summed E-state index contributed by atoms with van der Waals surface area (Å²) in [7, 11) is 3.32. The summed E-state index contributed by atoms with van der Waals surface area (Å²) < 4.78 is 7.43. The van der Waals surface area contributed by atoms with Crippen LogP contribution in [0, 0.1) is 0 Å². The summed E-state index contributed by atoms with van der Waals surface area (Å²) in [6, 6.07) is 15.5. The molecule has 0 bridgehead atoms. The zero-order chi connectivity index (χ0) is 18.3. The number of fused-ring (bicyclic) bond motifs is 3. The van der Waals surface area contributed by atoms with E-state index in [9.17, 15) is 4.79 Å². The van der Waals surface area contributed by atoms with Gasteiger partial charge in [0.25, 0.3) is 0 Å². The second-order valence-corrected chi connectivity index (χ2v) is 6.87. The lowest BCUT2D eigenvalue weighted by Gasteiger charge is -2.17. The summed E-state index contributed by atoms with van der Waals surface area (Å²) in [4.78, 5) is 13.7. The minimum absolute atomic E-state index is 0.438. The Morgan fingerprint density at radius 3 is 2.58 bits per heavy atom. The summed E-state index contributed by atoms with van der Waals surface area (Å²) in [6.07, 6.45) is 1.28. The van der Waals surface area contributed by atoms with Crippen LogP contribution in [0.5, 0.6) is 5.88 Å². The number of aryl methyl sites for hydroxylation is 2. The molecule has 6 heteroatoms. The molecular weight excluding hydrogens is 350 g/mol. The van der Waals surface area contributed by atoms with Crippen LogP contribution in [0.4, 0.5) is 4.79 Å². The van der Waals surface area contributed by atoms with Gasteiger partial charge >= 0.3 is 6.09 Å². The van der Waals surface area contributed by atoms with Crippen molar-refractivity contribution >= 4 is 17.7 Å². The quantitative estimate of drug-likeness (QED) is 0.676. The summed E-state index contributed by atoms with van der Waals surface area (Å²) in [5.74, 6) is 0.438. The molecule has 5 nitrogen and oxygen atoms in total. The van der Waals surface area contributed by atoms with Crippen LogP contribution >= 0.6 is 11.6 Å². The average molecular weight is 368 g/mol. The molecule has 1 aliphatic carbocycles. The van der Waals surface area contributed by atoms with E-state index >= 15 is 0 Å². The van der Waals surface area contributed by atoms with Crippen molar-refractivity contribution in [1.29, 1.82) is 0 Å². The summed E-state index contributed by atoms with van der Waals surface area (Å²) in [5, 5.41) is 5.38. The number of carbonyl (C=O) groups is 1. The van der Waals surface area contributed by atoms with Crippen LogP contribution in [0.15, 0.2) is 48.5 Å². The fraction of sp³-hybridized carbons (Fsp3) is 0.200. The molecule has 0 unspecified atom stereocenters. The average Bonchev–Trinajstić information content (AvgIpc) is 3.01. The number of halogens is 1. The van der Waals surface area contributed by atoms with Gasteiger partial charge in [-0.1, -0.05) is 35.9 Å². The number of carbonyl (C=O) groups excluding carboxylic acids is 1. The highest BCUT2D eigenvalue weighted by Crippen LogP contribution is 2.41. The maximum absolute atomic E-state index is 12.3. The third-order valence-corrected chi connectivity index (χ3v) is 4.71. The van der Waals surface area contributed by atoms with Gasteiger partial charge in [0.2, 0.25) is 5.88 Å². The molecule has 0 radical (unpaired) electrons. The Morgan fingerprint density at radius 2 is 1.85 bits per heavy atom. The summed E-state index contributed by atoms with van der Waals surface area (Å²) >= 11 is 6.01. The van der Waals surface area contributed by atoms with Gasteiger partial charge in [0.1, 0.15) is 0 Å². The third kappa shape index (κ3) is 2.84. The van der Waals surface area contributed by atoms with E-state index in [0.717, 1.165) is 35.3 Å². The molecule has 1 aliphatic rings. The van der Waals surface area contributed by atoms with E-state index in [4.69, 9.17) is 21.4 Å². The molecule has 1 heterocycles. The van der Waals surface area contributed by atoms with Crippen LogP contribution < -0.4 is 4.74 Å². The van der Waals surface area contributed by atoms with E-state index in [1.165, 1.54) is 10.5 Å². The number of benzene rings is 2. The number of nitrogens with zero attached hydrogens (tertiary/aromatic N) is 3. The van der Waals surface area contributed by atoms with Gasteiger partial charge in [0, 0.05) is 19.1 Å². The first-order chi connectivity index (χ1) is 12.5. The molecule has 0 aliphatic heterocycles. The van der Waals surface area contributed by atoms with E-state index in [2.05, 4.69) is 6.07 Å². The molecule has 0 saturated heterocycles. The maximum atomic E-state index is 12.3. The van der Waals surface area contributed by atoms with Gasteiger partial charge in [0.15, 0.2) is 0 Å². The first-order valence-corrected chi connectivity index (χ1v) is 8.77. The third-order valence-electron chi connectivity index (χ3n) is 4.45. The highest BCUT2D eigenvalue weighted by Gasteiger charge is 2.28. The lowest BCUT2D eigenvalue weighted by atomic mass is 9.90. The largest absolute Gasteiger partial charge is 0.416 e. The van der Waals surface area contributed by atoms with Crippen LogP contribution in [-0.2, 0) is 12.8 Å². The van der Waals surface area contributed by atoms with Crippen LogP contribution in [0.3, 0.4) is 0 Å². The summed E-state index contributed by atoms with van der Waals surface area (Å²) in [5.41, 5.74) is 4.91. The Kier molecular flexibility index (Phi) is 4.17. The first kappa shape index (κ1) is 16.7. The molecule has 0 spiro atoms. The van der Waals surface area contributed by atoms with Crippen molar-refractivity contribution in [2.75, 3.05) is 14.1 Å². The lowest BCUT2D eigenvalue weighted by Crippen LogP contribution is -2.26. The standard InChI is InChI=1S/C20H18ClN3O2/c1-23(2)20(25)26-19-18-16-6-4-3-5-13(16)7-12-17(18)22-24(19)15-10-8-14(21)9-11-15/h3-6,8-11H,7,12H2,1-2H3. The van der Waals surface area contributed by atoms with Gasteiger partial charge in [0.05, 0.1) is 16.9 Å². The van der Waals surface area contributed by atoms with Crippen LogP contribution in [0.25, 0.3) is 16.8 Å². The number of hydrogen-bond acceptors (Lipinski definition) is 3. The van der Waals surface area contributed by atoms with Gasteiger partial charge in [-0.3, -0.25) is 0 Å². The zero-order valence-electron chi connectivity index (χ0n) is 14.6. The van der Waals surface area contributed by atoms with Crippen LogP contribution in [-0.4, -0.2) is 34.9 Å². The minimum Gasteiger partial charge on any atom is -0.390 e. The number of aromatic nitrogens is 2. The molecule has 1 amide bonds. The molecule has 2 aromatic carbocycles.